The Kier molecular flexibility index (Phi) is 6.07. The van der Waals surface area contributed by atoms with E-state index in [9.17, 15) is 23.2 Å². The van der Waals surface area contributed by atoms with Gasteiger partial charge in [-0.3, -0.25) is 18.7 Å². The average molecular weight is 442 g/mol. The number of fused-ring (bicyclic) bond motifs is 1. The Morgan fingerprint density at radius 2 is 1.50 bits per heavy atom. The summed E-state index contributed by atoms with van der Waals surface area (Å²) in [4.78, 5) is 41.2. The van der Waals surface area contributed by atoms with E-state index in [0.29, 0.717) is 32.7 Å². The molecular weight excluding hydrogens is 418 g/mol. The number of carbonyl (C=O) groups excluding carboxylic acids is 2. The second-order valence-electron chi connectivity index (χ2n) is 7.72. The number of aryl methyl sites for hydroxylation is 2. The van der Waals surface area contributed by atoms with Crippen LogP contribution in [-0.2, 0) is 17.9 Å². The first-order valence-corrected chi connectivity index (χ1v) is 10.6. The number of hydrogen-bond acceptors (Lipinski definition) is 3. The van der Waals surface area contributed by atoms with Crippen molar-refractivity contribution in [2.75, 3.05) is 26.2 Å². The molecule has 0 atom stereocenters. The second kappa shape index (κ2) is 8.94. The lowest BCUT2D eigenvalue weighted by molar-refractivity contribution is -0.132. The number of hydrogen-bond donors (Lipinski definition) is 0. The van der Waals surface area contributed by atoms with Crippen LogP contribution in [0.15, 0.2) is 47.3 Å². The van der Waals surface area contributed by atoms with E-state index in [1.807, 2.05) is 31.2 Å². The first-order valence-electron chi connectivity index (χ1n) is 10.6. The van der Waals surface area contributed by atoms with Gasteiger partial charge in [0.1, 0.15) is 0 Å². The van der Waals surface area contributed by atoms with Gasteiger partial charge in [-0.1, -0.05) is 12.1 Å². The van der Waals surface area contributed by atoms with Crippen LogP contribution >= 0.6 is 0 Å². The molecule has 0 saturated carbocycles. The summed E-state index contributed by atoms with van der Waals surface area (Å²) >= 11 is 0. The van der Waals surface area contributed by atoms with Crippen LogP contribution in [0.25, 0.3) is 11.0 Å². The minimum Gasteiger partial charge on any atom is -0.339 e. The highest BCUT2D eigenvalue weighted by Gasteiger charge is 2.25. The molecule has 0 bridgehead atoms. The van der Waals surface area contributed by atoms with Crippen LogP contribution in [0.3, 0.4) is 0 Å². The zero-order chi connectivity index (χ0) is 22.8. The van der Waals surface area contributed by atoms with E-state index in [1.54, 1.807) is 14.0 Å². The quantitative estimate of drug-likeness (QED) is 0.610. The molecule has 9 heteroatoms. The van der Waals surface area contributed by atoms with Crippen molar-refractivity contribution in [3.05, 3.63) is 70.1 Å². The van der Waals surface area contributed by atoms with Gasteiger partial charge in [0, 0.05) is 51.3 Å². The van der Waals surface area contributed by atoms with E-state index in [-0.39, 0.29) is 30.1 Å². The Hall–Kier alpha value is -3.49. The van der Waals surface area contributed by atoms with E-state index in [4.69, 9.17) is 0 Å². The Morgan fingerprint density at radius 3 is 2.12 bits per heavy atom. The number of piperazine rings is 1. The zero-order valence-corrected chi connectivity index (χ0v) is 17.8. The summed E-state index contributed by atoms with van der Waals surface area (Å²) in [6.07, 6.45) is 0.175. The van der Waals surface area contributed by atoms with Crippen LogP contribution in [0.4, 0.5) is 8.78 Å². The SMILES string of the molecule is CCn1c(=O)n(CCC(=O)N2CCN(C(=O)c3ccc(F)c(F)c3)CC2)c2ccccc21. The van der Waals surface area contributed by atoms with Crippen LogP contribution < -0.4 is 5.69 Å². The number of benzene rings is 2. The lowest BCUT2D eigenvalue weighted by atomic mass is 10.1. The fourth-order valence-electron chi connectivity index (χ4n) is 4.13. The van der Waals surface area contributed by atoms with E-state index < -0.39 is 17.5 Å². The maximum Gasteiger partial charge on any atom is 0.329 e. The number of carbonyl (C=O) groups is 2. The molecule has 1 saturated heterocycles. The number of rotatable bonds is 5. The van der Waals surface area contributed by atoms with E-state index in [0.717, 1.165) is 23.2 Å². The molecule has 1 aliphatic rings. The van der Waals surface area contributed by atoms with Crippen molar-refractivity contribution in [3.63, 3.8) is 0 Å². The third-order valence-electron chi connectivity index (χ3n) is 5.88. The van der Waals surface area contributed by atoms with Crippen molar-refractivity contribution in [2.45, 2.75) is 26.4 Å². The topological polar surface area (TPSA) is 67.6 Å². The first-order chi connectivity index (χ1) is 15.4. The second-order valence-corrected chi connectivity index (χ2v) is 7.72. The van der Waals surface area contributed by atoms with E-state index >= 15 is 0 Å². The zero-order valence-electron chi connectivity index (χ0n) is 17.8. The van der Waals surface area contributed by atoms with Gasteiger partial charge in [-0.25, -0.2) is 13.6 Å². The molecule has 3 aromatic rings. The Labute approximate surface area is 183 Å². The van der Waals surface area contributed by atoms with Gasteiger partial charge in [0.15, 0.2) is 11.6 Å². The van der Waals surface area contributed by atoms with Gasteiger partial charge in [0.2, 0.25) is 5.91 Å². The molecule has 0 spiro atoms. The number of amides is 2. The van der Waals surface area contributed by atoms with Crippen LogP contribution in [0.1, 0.15) is 23.7 Å². The highest BCUT2D eigenvalue weighted by molar-refractivity contribution is 5.94. The van der Waals surface area contributed by atoms with Gasteiger partial charge in [0.25, 0.3) is 5.91 Å². The lowest BCUT2D eigenvalue weighted by Crippen LogP contribution is -2.50. The van der Waals surface area contributed by atoms with Crippen molar-refractivity contribution < 1.29 is 18.4 Å². The molecule has 1 fully saturated rings. The number of para-hydroxylation sites is 2. The molecule has 4 rings (SSSR count). The molecule has 32 heavy (non-hydrogen) atoms. The molecule has 0 radical (unpaired) electrons. The highest BCUT2D eigenvalue weighted by atomic mass is 19.2. The van der Waals surface area contributed by atoms with Gasteiger partial charge < -0.3 is 9.80 Å². The lowest BCUT2D eigenvalue weighted by Gasteiger charge is -2.35. The van der Waals surface area contributed by atoms with Gasteiger partial charge >= 0.3 is 5.69 Å². The first kappa shape index (κ1) is 21.7. The minimum absolute atomic E-state index is 0.0790. The number of imidazole rings is 1. The normalized spacial score (nSPS) is 14.2. The summed E-state index contributed by atoms with van der Waals surface area (Å²) in [6.45, 7) is 4.04. The standard InChI is InChI=1S/C23H24F2N4O3/c1-2-28-19-5-3-4-6-20(19)29(23(28)32)10-9-21(30)26-11-13-27(14-12-26)22(31)16-7-8-17(24)18(25)15-16/h3-8,15H,2,9-14H2,1H3. The van der Waals surface area contributed by atoms with E-state index in [2.05, 4.69) is 0 Å². The molecule has 1 aromatic heterocycles. The molecule has 2 aromatic carbocycles. The van der Waals surface area contributed by atoms with Gasteiger partial charge in [-0.05, 0) is 37.3 Å². The third-order valence-corrected chi connectivity index (χ3v) is 5.88. The molecule has 2 amide bonds. The van der Waals surface area contributed by atoms with Crippen molar-refractivity contribution in [2.24, 2.45) is 0 Å². The van der Waals surface area contributed by atoms with Gasteiger partial charge in [0.05, 0.1) is 11.0 Å². The molecule has 0 aliphatic carbocycles. The maximum atomic E-state index is 13.4. The average Bonchev–Trinajstić information content (AvgIpc) is 3.09. The summed E-state index contributed by atoms with van der Waals surface area (Å²) in [5.74, 6) is -2.55. The molecule has 0 N–H and O–H groups in total. The van der Waals surface area contributed by atoms with Crippen molar-refractivity contribution in [1.82, 2.24) is 18.9 Å². The van der Waals surface area contributed by atoms with E-state index in [1.165, 1.54) is 11.0 Å². The molecule has 0 unspecified atom stereocenters. The molecule has 1 aliphatic heterocycles. The summed E-state index contributed by atoms with van der Waals surface area (Å²) in [5, 5.41) is 0. The van der Waals surface area contributed by atoms with Crippen LogP contribution in [0, 0.1) is 11.6 Å². The van der Waals surface area contributed by atoms with Crippen molar-refractivity contribution in [3.8, 4) is 0 Å². The maximum absolute atomic E-state index is 13.4. The summed E-state index contributed by atoms with van der Waals surface area (Å²) in [6, 6.07) is 10.6. The predicted molar refractivity (Wildman–Crippen MR) is 115 cm³/mol. The van der Waals surface area contributed by atoms with Crippen LogP contribution in [0.5, 0.6) is 0 Å². The summed E-state index contributed by atoms with van der Waals surface area (Å²) in [5.41, 5.74) is 1.59. The summed E-state index contributed by atoms with van der Waals surface area (Å²) in [7, 11) is 0. The van der Waals surface area contributed by atoms with Crippen molar-refractivity contribution in [1.29, 1.82) is 0 Å². The molecular formula is C23H24F2N4O3. The highest BCUT2D eigenvalue weighted by Crippen LogP contribution is 2.15. The Balaban J connectivity index is 1.37. The van der Waals surface area contributed by atoms with Crippen molar-refractivity contribution >= 4 is 22.8 Å². The number of nitrogens with zero attached hydrogens (tertiary/aromatic N) is 4. The molecule has 2 heterocycles. The van der Waals surface area contributed by atoms with Gasteiger partial charge in [-0.15, -0.1) is 0 Å². The fraction of sp³-hybridized carbons (Fsp3) is 0.348. The molecule has 168 valence electrons. The smallest absolute Gasteiger partial charge is 0.329 e. The fourth-order valence-corrected chi connectivity index (χ4v) is 4.13. The largest absolute Gasteiger partial charge is 0.339 e. The minimum atomic E-state index is -1.07. The Bertz CT molecular complexity index is 1230. The van der Waals surface area contributed by atoms with Crippen LogP contribution in [0.2, 0.25) is 0 Å². The molecule has 7 nitrogen and oxygen atoms in total. The van der Waals surface area contributed by atoms with Crippen LogP contribution in [-0.4, -0.2) is 56.9 Å². The number of aromatic nitrogens is 2. The predicted octanol–water partition coefficient (Wildman–Crippen LogP) is 2.48. The van der Waals surface area contributed by atoms with Gasteiger partial charge in [-0.2, -0.15) is 0 Å². The third kappa shape index (κ3) is 4.02. The summed E-state index contributed by atoms with van der Waals surface area (Å²) < 4.78 is 29.8. The monoisotopic (exact) mass is 442 g/mol. The number of halogens is 2. The Morgan fingerprint density at radius 1 is 0.875 bits per heavy atom.